The van der Waals surface area contributed by atoms with Crippen LogP contribution < -0.4 is 15.1 Å². The lowest BCUT2D eigenvalue weighted by Gasteiger charge is -2.36. The summed E-state index contributed by atoms with van der Waals surface area (Å²) >= 11 is 1.68. The number of nitrogens with one attached hydrogen (secondary N) is 2. The van der Waals surface area contributed by atoms with Crippen LogP contribution in [0.15, 0.2) is 47.8 Å². The quantitative estimate of drug-likeness (QED) is 0.863. The topological polar surface area (TPSA) is 36.8 Å². The minimum atomic E-state index is 0.00730. The van der Waals surface area contributed by atoms with Crippen LogP contribution in [0.3, 0.4) is 0 Å². The van der Waals surface area contributed by atoms with Gasteiger partial charge < -0.3 is 15.1 Å². The van der Waals surface area contributed by atoms with Crippen LogP contribution in [0.1, 0.15) is 11.8 Å². The highest BCUT2D eigenvalue weighted by Gasteiger charge is 2.28. The summed E-state index contributed by atoms with van der Waals surface area (Å²) in [4.78, 5) is 17.3. The predicted octanol–water partition coefficient (Wildman–Crippen LogP) is 1.16. The molecule has 1 amide bonds. The summed E-state index contributed by atoms with van der Waals surface area (Å²) in [7, 11) is 0. The third-order valence-electron chi connectivity index (χ3n) is 4.55. The molecule has 2 heterocycles. The van der Waals surface area contributed by atoms with Gasteiger partial charge in [0.15, 0.2) is 6.04 Å². The molecule has 2 N–H and O–H groups in total. The van der Waals surface area contributed by atoms with Crippen molar-refractivity contribution in [2.45, 2.75) is 19.5 Å². The molecule has 1 atom stereocenters. The second kappa shape index (κ2) is 7.62. The lowest BCUT2D eigenvalue weighted by molar-refractivity contribution is -0.914. The monoisotopic (exact) mass is 330 g/mol. The summed E-state index contributed by atoms with van der Waals surface area (Å²) in [5.41, 5.74) is 1.28. The van der Waals surface area contributed by atoms with Crippen LogP contribution in [-0.2, 0) is 11.3 Å². The van der Waals surface area contributed by atoms with Crippen LogP contribution in [0.5, 0.6) is 0 Å². The number of para-hydroxylation sites is 1. The van der Waals surface area contributed by atoms with Gasteiger partial charge in [0.05, 0.1) is 32.7 Å². The van der Waals surface area contributed by atoms with Crippen molar-refractivity contribution in [1.29, 1.82) is 0 Å². The maximum Gasteiger partial charge on any atom is 0.278 e. The Morgan fingerprint density at radius 1 is 1.22 bits per heavy atom. The number of piperazine rings is 1. The van der Waals surface area contributed by atoms with Gasteiger partial charge in [-0.15, -0.1) is 11.3 Å². The number of hydrogen-bond donors (Lipinski definition) is 2. The zero-order valence-corrected chi connectivity index (χ0v) is 14.3. The maximum absolute atomic E-state index is 12.3. The fourth-order valence-electron chi connectivity index (χ4n) is 3.05. The van der Waals surface area contributed by atoms with E-state index in [9.17, 15) is 4.79 Å². The molecule has 5 heteroatoms. The first-order valence-electron chi connectivity index (χ1n) is 8.18. The number of rotatable bonds is 5. The smallest absolute Gasteiger partial charge is 0.278 e. The van der Waals surface area contributed by atoms with Gasteiger partial charge in [-0.2, -0.15) is 0 Å². The Morgan fingerprint density at radius 2 is 1.96 bits per heavy atom. The van der Waals surface area contributed by atoms with E-state index in [0.717, 1.165) is 26.2 Å². The van der Waals surface area contributed by atoms with Crippen LogP contribution in [-0.4, -0.2) is 38.1 Å². The van der Waals surface area contributed by atoms with Gasteiger partial charge in [-0.3, -0.25) is 4.79 Å². The number of anilines is 1. The van der Waals surface area contributed by atoms with Gasteiger partial charge in [0.2, 0.25) is 0 Å². The number of nitrogens with zero attached hydrogens (tertiary/aromatic N) is 1. The SMILES string of the molecule is C[C@@H](C(=O)NCc1cccs1)[NH+]1CCN(c2ccccc2)CC1. The second-order valence-corrected chi connectivity index (χ2v) is 7.03. The van der Waals surface area contributed by atoms with Crippen molar-refractivity contribution in [2.75, 3.05) is 31.1 Å². The van der Waals surface area contributed by atoms with Crippen molar-refractivity contribution < 1.29 is 9.69 Å². The molecule has 0 saturated carbocycles. The van der Waals surface area contributed by atoms with E-state index in [2.05, 4.69) is 40.5 Å². The molecule has 0 spiro atoms. The average Bonchev–Trinajstić information content (AvgIpc) is 3.13. The third kappa shape index (κ3) is 4.12. The van der Waals surface area contributed by atoms with E-state index in [1.165, 1.54) is 15.5 Å². The molecule has 1 aromatic heterocycles. The zero-order chi connectivity index (χ0) is 16.1. The summed E-state index contributed by atoms with van der Waals surface area (Å²) in [6, 6.07) is 14.6. The van der Waals surface area contributed by atoms with Crippen molar-refractivity contribution in [3.05, 3.63) is 52.7 Å². The molecule has 1 aromatic carbocycles. The molecule has 0 bridgehead atoms. The minimum absolute atomic E-state index is 0.00730. The van der Waals surface area contributed by atoms with Gasteiger partial charge >= 0.3 is 0 Å². The maximum atomic E-state index is 12.3. The normalized spacial score (nSPS) is 17.0. The van der Waals surface area contributed by atoms with E-state index >= 15 is 0 Å². The van der Waals surface area contributed by atoms with Crippen molar-refractivity contribution in [1.82, 2.24) is 5.32 Å². The van der Waals surface area contributed by atoms with E-state index < -0.39 is 0 Å². The van der Waals surface area contributed by atoms with Crippen LogP contribution in [0.2, 0.25) is 0 Å². The molecule has 1 aliphatic heterocycles. The number of quaternary nitrogens is 1. The summed E-state index contributed by atoms with van der Waals surface area (Å²) < 4.78 is 0. The van der Waals surface area contributed by atoms with Crippen LogP contribution >= 0.6 is 11.3 Å². The Labute approximate surface area is 141 Å². The Kier molecular flexibility index (Phi) is 5.31. The molecule has 2 aromatic rings. The summed E-state index contributed by atoms with van der Waals surface area (Å²) in [6.45, 7) is 6.69. The molecule has 0 aliphatic carbocycles. The molecular formula is C18H24N3OS+. The van der Waals surface area contributed by atoms with Gasteiger partial charge in [0.1, 0.15) is 0 Å². The number of carbonyl (C=O) groups excluding carboxylic acids is 1. The van der Waals surface area contributed by atoms with Crippen LogP contribution in [0, 0.1) is 0 Å². The van der Waals surface area contributed by atoms with Crippen molar-refractivity contribution in [3.63, 3.8) is 0 Å². The van der Waals surface area contributed by atoms with Gasteiger partial charge in [-0.25, -0.2) is 0 Å². The first-order valence-corrected chi connectivity index (χ1v) is 9.06. The molecule has 1 fully saturated rings. The molecule has 3 rings (SSSR count). The van der Waals surface area contributed by atoms with Gasteiger partial charge in [-0.1, -0.05) is 24.3 Å². The minimum Gasteiger partial charge on any atom is -0.360 e. The van der Waals surface area contributed by atoms with Crippen LogP contribution in [0.25, 0.3) is 0 Å². The summed E-state index contributed by atoms with van der Waals surface area (Å²) in [6.07, 6.45) is 0. The fourth-order valence-corrected chi connectivity index (χ4v) is 3.69. The van der Waals surface area contributed by atoms with E-state index in [1.807, 2.05) is 24.4 Å². The first kappa shape index (κ1) is 16.0. The highest BCUT2D eigenvalue weighted by Crippen LogP contribution is 2.12. The third-order valence-corrected chi connectivity index (χ3v) is 5.43. The second-order valence-electron chi connectivity index (χ2n) is 6.00. The number of amides is 1. The molecule has 122 valence electrons. The molecule has 23 heavy (non-hydrogen) atoms. The van der Waals surface area contributed by atoms with E-state index in [-0.39, 0.29) is 11.9 Å². The molecule has 0 radical (unpaired) electrons. The zero-order valence-electron chi connectivity index (χ0n) is 13.5. The number of benzene rings is 1. The lowest BCUT2D eigenvalue weighted by Crippen LogP contribution is -3.19. The largest absolute Gasteiger partial charge is 0.360 e. The Morgan fingerprint density at radius 3 is 2.61 bits per heavy atom. The lowest BCUT2D eigenvalue weighted by atomic mass is 10.2. The van der Waals surface area contributed by atoms with Gasteiger partial charge in [0, 0.05) is 10.6 Å². The van der Waals surface area contributed by atoms with Gasteiger partial charge in [-0.05, 0) is 30.5 Å². The van der Waals surface area contributed by atoms with Crippen LogP contribution in [0.4, 0.5) is 5.69 Å². The van der Waals surface area contributed by atoms with Crippen molar-refractivity contribution in [2.24, 2.45) is 0 Å². The van der Waals surface area contributed by atoms with Gasteiger partial charge in [0.25, 0.3) is 5.91 Å². The Hall–Kier alpha value is -1.85. The van der Waals surface area contributed by atoms with E-state index in [1.54, 1.807) is 11.3 Å². The standard InChI is InChI=1S/C18H23N3OS/c1-15(18(22)19-14-17-8-5-13-23-17)20-9-11-21(12-10-20)16-6-3-2-4-7-16/h2-8,13,15H,9-12,14H2,1H3,(H,19,22)/p+1/t15-/m0/s1. The highest BCUT2D eigenvalue weighted by atomic mass is 32.1. The highest BCUT2D eigenvalue weighted by molar-refractivity contribution is 7.09. The molecule has 0 unspecified atom stereocenters. The average molecular weight is 330 g/mol. The summed E-state index contributed by atoms with van der Waals surface area (Å²) in [5, 5.41) is 5.10. The molecule has 1 aliphatic rings. The molecule has 1 saturated heterocycles. The first-order chi connectivity index (χ1) is 11.2. The Bertz CT molecular complexity index is 606. The number of thiophene rings is 1. The number of carbonyl (C=O) groups is 1. The molecule has 4 nitrogen and oxygen atoms in total. The molecular weight excluding hydrogens is 306 g/mol. The predicted molar refractivity (Wildman–Crippen MR) is 95.0 cm³/mol. The van der Waals surface area contributed by atoms with Crippen molar-refractivity contribution in [3.8, 4) is 0 Å². The van der Waals surface area contributed by atoms with E-state index in [0.29, 0.717) is 6.54 Å². The number of hydrogen-bond acceptors (Lipinski definition) is 3. The van der Waals surface area contributed by atoms with Crippen molar-refractivity contribution >= 4 is 22.9 Å². The van der Waals surface area contributed by atoms with E-state index in [4.69, 9.17) is 0 Å². The fraction of sp³-hybridized carbons (Fsp3) is 0.389. The summed E-state index contributed by atoms with van der Waals surface area (Å²) in [5.74, 6) is 0.154. The Balaban J connectivity index is 1.47.